The second-order valence-corrected chi connectivity index (χ2v) is 5.29. The van der Waals surface area contributed by atoms with Crippen molar-refractivity contribution >= 4 is 17.5 Å². The fourth-order valence-corrected chi connectivity index (χ4v) is 2.42. The maximum atomic E-state index is 12.3. The van der Waals surface area contributed by atoms with Crippen LogP contribution in [-0.4, -0.2) is 51.4 Å². The molecule has 0 saturated carbocycles. The van der Waals surface area contributed by atoms with Gasteiger partial charge in [0, 0.05) is 12.1 Å². The standard InChI is InChI=1S/C13H16ClNO4/c14-10-6-9(2-3-11(10)17)12(18)15-5-1-4-13(19,7-15)8-16/h2-3,6,16-17,19H,1,4-5,7-8H2. The molecule has 1 aliphatic rings. The molecule has 1 fully saturated rings. The minimum Gasteiger partial charge on any atom is -0.506 e. The molecule has 104 valence electrons. The average molecular weight is 286 g/mol. The summed E-state index contributed by atoms with van der Waals surface area (Å²) in [6.07, 6.45) is 1.11. The molecule has 6 heteroatoms. The van der Waals surface area contributed by atoms with Crippen LogP contribution in [0.25, 0.3) is 0 Å². The quantitative estimate of drug-likeness (QED) is 0.757. The van der Waals surface area contributed by atoms with Gasteiger partial charge in [-0.1, -0.05) is 11.6 Å². The zero-order chi connectivity index (χ0) is 14.0. The van der Waals surface area contributed by atoms with Gasteiger partial charge < -0.3 is 20.2 Å². The molecular formula is C13H16ClNO4. The van der Waals surface area contributed by atoms with Crippen molar-refractivity contribution < 1.29 is 20.1 Å². The first-order chi connectivity index (χ1) is 8.95. The molecule has 1 saturated heterocycles. The van der Waals surface area contributed by atoms with E-state index in [4.69, 9.17) is 16.7 Å². The summed E-state index contributed by atoms with van der Waals surface area (Å²) in [6, 6.07) is 4.24. The Morgan fingerprint density at radius 1 is 1.47 bits per heavy atom. The first kappa shape index (κ1) is 14.1. The predicted octanol–water partition coefficient (Wildman–Crippen LogP) is 1.00. The van der Waals surface area contributed by atoms with Crippen molar-refractivity contribution in [1.82, 2.24) is 4.90 Å². The monoisotopic (exact) mass is 285 g/mol. The van der Waals surface area contributed by atoms with Crippen LogP contribution in [0.3, 0.4) is 0 Å². The molecule has 1 aliphatic heterocycles. The van der Waals surface area contributed by atoms with Gasteiger partial charge >= 0.3 is 0 Å². The smallest absolute Gasteiger partial charge is 0.254 e. The van der Waals surface area contributed by atoms with Gasteiger partial charge in [-0.3, -0.25) is 4.79 Å². The lowest BCUT2D eigenvalue weighted by Crippen LogP contribution is -2.52. The summed E-state index contributed by atoms with van der Waals surface area (Å²) in [4.78, 5) is 13.7. The number of hydrogen-bond donors (Lipinski definition) is 3. The molecule has 19 heavy (non-hydrogen) atoms. The lowest BCUT2D eigenvalue weighted by molar-refractivity contribution is -0.0598. The summed E-state index contributed by atoms with van der Waals surface area (Å²) < 4.78 is 0. The minimum atomic E-state index is -1.23. The van der Waals surface area contributed by atoms with Crippen LogP contribution in [0.4, 0.5) is 0 Å². The second-order valence-electron chi connectivity index (χ2n) is 4.88. The maximum Gasteiger partial charge on any atom is 0.254 e. The van der Waals surface area contributed by atoms with E-state index in [1.165, 1.54) is 23.1 Å². The zero-order valence-corrected chi connectivity index (χ0v) is 11.1. The van der Waals surface area contributed by atoms with E-state index < -0.39 is 5.60 Å². The molecule has 0 aromatic heterocycles. The number of rotatable bonds is 2. The Hall–Kier alpha value is -1.30. The normalized spacial score (nSPS) is 23.4. The van der Waals surface area contributed by atoms with Crippen molar-refractivity contribution in [3.05, 3.63) is 28.8 Å². The van der Waals surface area contributed by atoms with E-state index in [0.717, 1.165) is 0 Å². The third kappa shape index (κ3) is 3.00. The van der Waals surface area contributed by atoms with Crippen LogP contribution in [0.15, 0.2) is 18.2 Å². The van der Waals surface area contributed by atoms with E-state index in [2.05, 4.69) is 0 Å². The Labute approximate surface area is 116 Å². The number of carbonyl (C=O) groups is 1. The number of carbonyl (C=O) groups excluding carboxylic acids is 1. The topological polar surface area (TPSA) is 81.0 Å². The summed E-state index contributed by atoms with van der Waals surface area (Å²) >= 11 is 5.77. The molecule has 0 bridgehead atoms. The number of likely N-dealkylation sites (tertiary alicyclic amines) is 1. The molecule has 1 amide bonds. The average Bonchev–Trinajstić information content (AvgIpc) is 2.41. The van der Waals surface area contributed by atoms with Gasteiger partial charge in [0.2, 0.25) is 0 Å². The number of nitrogens with zero attached hydrogens (tertiary/aromatic N) is 1. The number of aromatic hydroxyl groups is 1. The number of phenolic OH excluding ortho intramolecular Hbond substituents is 1. The zero-order valence-electron chi connectivity index (χ0n) is 10.3. The van der Waals surface area contributed by atoms with Crippen molar-refractivity contribution in [2.75, 3.05) is 19.7 Å². The fourth-order valence-electron chi connectivity index (χ4n) is 2.24. The summed E-state index contributed by atoms with van der Waals surface area (Å²) in [6.45, 7) is 0.258. The number of aliphatic hydroxyl groups excluding tert-OH is 1. The van der Waals surface area contributed by atoms with Gasteiger partial charge in [0.1, 0.15) is 11.4 Å². The van der Waals surface area contributed by atoms with Gasteiger partial charge in [0.15, 0.2) is 0 Å². The lowest BCUT2D eigenvalue weighted by Gasteiger charge is -2.38. The Morgan fingerprint density at radius 3 is 2.84 bits per heavy atom. The van der Waals surface area contributed by atoms with Crippen LogP contribution in [-0.2, 0) is 0 Å². The number of piperidine rings is 1. The van der Waals surface area contributed by atoms with Crippen molar-refractivity contribution in [3.63, 3.8) is 0 Å². The minimum absolute atomic E-state index is 0.0799. The number of halogens is 1. The van der Waals surface area contributed by atoms with Crippen LogP contribution in [0.1, 0.15) is 23.2 Å². The molecule has 2 rings (SSSR count). The number of hydrogen-bond acceptors (Lipinski definition) is 4. The van der Waals surface area contributed by atoms with Gasteiger partial charge in [0.05, 0.1) is 18.2 Å². The van der Waals surface area contributed by atoms with Gasteiger partial charge in [-0.2, -0.15) is 0 Å². The van der Waals surface area contributed by atoms with Crippen LogP contribution in [0, 0.1) is 0 Å². The third-order valence-electron chi connectivity index (χ3n) is 3.33. The largest absolute Gasteiger partial charge is 0.506 e. The molecule has 1 aromatic rings. The van der Waals surface area contributed by atoms with Gasteiger partial charge in [-0.25, -0.2) is 0 Å². The van der Waals surface area contributed by atoms with E-state index in [1.54, 1.807) is 0 Å². The van der Waals surface area contributed by atoms with Crippen molar-refractivity contribution in [2.24, 2.45) is 0 Å². The fraction of sp³-hybridized carbons (Fsp3) is 0.462. The van der Waals surface area contributed by atoms with E-state index in [9.17, 15) is 15.0 Å². The Balaban J connectivity index is 2.17. The van der Waals surface area contributed by atoms with E-state index >= 15 is 0 Å². The SMILES string of the molecule is O=C(c1ccc(O)c(Cl)c1)N1CCCC(O)(CO)C1. The van der Waals surface area contributed by atoms with E-state index in [-0.39, 0.29) is 29.8 Å². The number of β-amino-alcohol motifs (C(OH)–C–C–N with tert-alkyl or cyclic N) is 1. The number of benzene rings is 1. The molecule has 1 heterocycles. The highest BCUT2D eigenvalue weighted by molar-refractivity contribution is 6.32. The highest BCUT2D eigenvalue weighted by Gasteiger charge is 2.34. The lowest BCUT2D eigenvalue weighted by atomic mass is 9.93. The summed E-state index contributed by atoms with van der Waals surface area (Å²) in [5.74, 6) is -0.350. The second kappa shape index (κ2) is 5.36. The number of phenols is 1. The molecule has 0 radical (unpaired) electrons. The first-order valence-electron chi connectivity index (χ1n) is 6.06. The Kier molecular flexibility index (Phi) is 3.99. The molecule has 0 spiro atoms. The highest BCUT2D eigenvalue weighted by Crippen LogP contribution is 2.26. The van der Waals surface area contributed by atoms with Crippen LogP contribution >= 0.6 is 11.6 Å². The Bertz CT molecular complexity index is 494. The van der Waals surface area contributed by atoms with Crippen LogP contribution in [0.5, 0.6) is 5.75 Å². The van der Waals surface area contributed by atoms with Crippen LogP contribution in [0.2, 0.25) is 5.02 Å². The van der Waals surface area contributed by atoms with Gasteiger partial charge in [0.25, 0.3) is 5.91 Å². The molecule has 1 atom stereocenters. The summed E-state index contributed by atoms with van der Waals surface area (Å²) in [5, 5.41) is 28.6. The van der Waals surface area contributed by atoms with Crippen molar-refractivity contribution in [1.29, 1.82) is 0 Å². The van der Waals surface area contributed by atoms with Crippen LogP contribution < -0.4 is 0 Å². The van der Waals surface area contributed by atoms with E-state index in [1.807, 2.05) is 0 Å². The Morgan fingerprint density at radius 2 is 2.21 bits per heavy atom. The molecule has 1 unspecified atom stereocenters. The van der Waals surface area contributed by atoms with Gasteiger partial charge in [-0.05, 0) is 31.0 Å². The summed E-state index contributed by atoms with van der Waals surface area (Å²) in [5.41, 5.74) is -0.876. The predicted molar refractivity (Wildman–Crippen MR) is 70.3 cm³/mol. The molecular weight excluding hydrogens is 270 g/mol. The molecule has 5 nitrogen and oxygen atoms in total. The van der Waals surface area contributed by atoms with Crippen molar-refractivity contribution in [3.8, 4) is 5.75 Å². The highest BCUT2D eigenvalue weighted by atomic mass is 35.5. The summed E-state index contributed by atoms with van der Waals surface area (Å²) in [7, 11) is 0. The first-order valence-corrected chi connectivity index (χ1v) is 6.44. The number of aliphatic hydroxyl groups is 2. The van der Waals surface area contributed by atoms with Gasteiger partial charge in [-0.15, -0.1) is 0 Å². The number of amides is 1. The molecule has 3 N–H and O–H groups in total. The van der Waals surface area contributed by atoms with Crippen molar-refractivity contribution in [2.45, 2.75) is 18.4 Å². The van der Waals surface area contributed by atoms with E-state index in [0.29, 0.717) is 24.9 Å². The maximum absolute atomic E-state index is 12.3. The molecule has 1 aromatic carbocycles. The molecule has 0 aliphatic carbocycles. The third-order valence-corrected chi connectivity index (χ3v) is 3.63.